The minimum absolute atomic E-state index is 0.000967. The van der Waals surface area contributed by atoms with E-state index in [9.17, 15) is 9.59 Å². The molecule has 3 aliphatic rings. The van der Waals surface area contributed by atoms with Crippen LogP contribution in [-0.2, 0) is 4.79 Å². The first-order chi connectivity index (χ1) is 13.1. The molecule has 0 aromatic carbocycles. The summed E-state index contributed by atoms with van der Waals surface area (Å²) in [6.07, 6.45) is 11.5. The van der Waals surface area contributed by atoms with Gasteiger partial charge < -0.3 is 15.1 Å². The fraction of sp³-hybridized carbons (Fsp3) is 0.700. The van der Waals surface area contributed by atoms with Crippen molar-refractivity contribution in [3.05, 3.63) is 18.0 Å². The number of aromatic nitrogens is 2. The van der Waals surface area contributed by atoms with Crippen LogP contribution in [0.1, 0.15) is 61.7 Å². The third kappa shape index (κ3) is 3.64. The molecule has 3 fully saturated rings. The molecule has 2 saturated heterocycles. The van der Waals surface area contributed by atoms with Gasteiger partial charge in [0.15, 0.2) is 0 Å². The first-order valence-electron chi connectivity index (χ1n) is 10.2. The molecule has 1 N–H and O–H groups in total. The molecule has 1 aliphatic carbocycles. The molecule has 146 valence electrons. The van der Waals surface area contributed by atoms with Crippen molar-refractivity contribution in [2.24, 2.45) is 5.41 Å². The molecule has 1 aromatic heterocycles. The molecule has 2 aliphatic heterocycles. The Bertz CT molecular complexity index is 701. The second kappa shape index (κ2) is 7.44. The van der Waals surface area contributed by atoms with Crippen LogP contribution in [0.3, 0.4) is 0 Å². The van der Waals surface area contributed by atoms with Crippen molar-refractivity contribution >= 4 is 17.8 Å². The molecule has 1 atom stereocenters. The first kappa shape index (κ1) is 18.2. The van der Waals surface area contributed by atoms with Crippen molar-refractivity contribution in [3.8, 4) is 0 Å². The van der Waals surface area contributed by atoms with E-state index in [0.29, 0.717) is 29.9 Å². The molecule has 4 rings (SSSR count). The normalized spacial score (nSPS) is 26.6. The number of carbonyl (C=O) groups is 2. The lowest BCUT2D eigenvalue weighted by atomic mass is 9.73. The zero-order valence-corrected chi connectivity index (χ0v) is 16.1. The Morgan fingerprint density at radius 1 is 1.15 bits per heavy atom. The smallest absolute Gasteiger partial charge is 0.257 e. The topological polar surface area (TPSA) is 78.4 Å². The Labute approximate surface area is 160 Å². The number of piperidine rings is 2. The molecular formula is C20H29N5O2. The Kier molecular flexibility index (Phi) is 5.02. The van der Waals surface area contributed by atoms with Crippen molar-refractivity contribution in [1.29, 1.82) is 0 Å². The zero-order chi connectivity index (χ0) is 18.9. The molecule has 1 aromatic rings. The summed E-state index contributed by atoms with van der Waals surface area (Å²) in [5.74, 6) is 0.827. The maximum atomic E-state index is 13.0. The van der Waals surface area contributed by atoms with Crippen LogP contribution >= 0.6 is 0 Å². The minimum Gasteiger partial charge on any atom is -0.357 e. The summed E-state index contributed by atoms with van der Waals surface area (Å²) >= 11 is 0. The molecule has 7 nitrogen and oxygen atoms in total. The molecule has 2 amide bonds. The minimum atomic E-state index is 0.000967. The average Bonchev–Trinajstić information content (AvgIpc) is 3.24. The van der Waals surface area contributed by atoms with Crippen LogP contribution in [0.4, 0.5) is 5.95 Å². The number of amides is 2. The zero-order valence-electron chi connectivity index (χ0n) is 16.1. The van der Waals surface area contributed by atoms with Crippen LogP contribution in [0.5, 0.6) is 0 Å². The summed E-state index contributed by atoms with van der Waals surface area (Å²) in [5, 5.41) is 2.87. The van der Waals surface area contributed by atoms with E-state index in [-0.39, 0.29) is 11.3 Å². The van der Waals surface area contributed by atoms with Crippen LogP contribution < -0.4 is 5.32 Å². The van der Waals surface area contributed by atoms with Crippen LogP contribution in [0.15, 0.2) is 12.4 Å². The molecule has 3 heterocycles. The third-order valence-corrected chi connectivity index (χ3v) is 6.53. The largest absolute Gasteiger partial charge is 0.357 e. The second-order valence-corrected chi connectivity index (χ2v) is 8.34. The molecular weight excluding hydrogens is 342 g/mol. The highest BCUT2D eigenvalue weighted by Crippen LogP contribution is 2.41. The summed E-state index contributed by atoms with van der Waals surface area (Å²) in [6.45, 7) is 2.32. The number of nitrogens with zero attached hydrogens (tertiary/aromatic N) is 4. The number of likely N-dealkylation sites (tertiary alicyclic amines) is 2. The molecule has 0 radical (unpaired) electrons. The van der Waals surface area contributed by atoms with Crippen molar-refractivity contribution in [2.45, 2.75) is 57.4 Å². The van der Waals surface area contributed by atoms with Crippen LogP contribution in [0, 0.1) is 5.41 Å². The Morgan fingerprint density at radius 2 is 1.89 bits per heavy atom. The van der Waals surface area contributed by atoms with Crippen LogP contribution in [-0.4, -0.2) is 64.3 Å². The third-order valence-electron chi connectivity index (χ3n) is 6.53. The molecule has 1 saturated carbocycles. The predicted molar refractivity (Wildman–Crippen MR) is 102 cm³/mol. The van der Waals surface area contributed by atoms with Gasteiger partial charge in [-0.1, -0.05) is 12.8 Å². The fourth-order valence-electron chi connectivity index (χ4n) is 5.06. The summed E-state index contributed by atoms with van der Waals surface area (Å²) in [4.78, 5) is 37.9. The quantitative estimate of drug-likeness (QED) is 0.882. The highest BCUT2D eigenvalue weighted by Gasteiger charge is 2.44. The summed E-state index contributed by atoms with van der Waals surface area (Å²) in [6, 6.07) is 0.420. The number of nitrogens with one attached hydrogen (secondary N) is 1. The number of hydrogen-bond donors (Lipinski definition) is 1. The van der Waals surface area contributed by atoms with E-state index in [4.69, 9.17) is 0 Å². The van der Waals surface area contributed by atoms with Gasteiger partial charge in [0, 0.05) is 57.0 Å². The lowest BCUT2D eigenvalue weighted by molar-refractivity contribution is -0.142. The van der Waals surface area contributed by atoms with Crippen LogP contribution in [0.2, 0.25) is 0 Å². The molecule has 1 spiro atoms. The lowest BCUT2D eigenvalue weighted by Crippen LogP contribution is -2.56. The van der Waals surface area contributed by atoms with Gasteiger partial charge in [0.05, 0.1) is 5.56 Å². The molecule has 1 unspecified atom stereocenters. The van der Waals surface area contributed by atoms with E-state index in [0.717, 1.165) is 51.7 Å². The maximum absolute atomic E-state index is 13.0. The summed E-state index contributed by atoms with van der Waals surface area (Å²) in [5.41, 5.74) is 0.585. The van der Waals surface area contributed by atoms with Gasteiger partial charge in [-0.15, -0.1) is 0 Å². The molecule has 27 heavy (non-hydrogen) atoms. The predicted octanol–water partition coefficient (Wildman–Crippen LogP) is 2.31. The number of anilines is 1. The lowest BCUT2D eigenvalue weighted by Gasteiger charge is -2.49. The Balaban J connectivity index is 1.47. The van der Waals surface area contributed by atoms with Crippen molar-refractivity contribution in [3.63, 3.8) is 0 Å². The highest BCUT2D eigenvalue weighted by molar-refractivity contribution is 5.93. The Hall–Kier alpha value is -2.18. The van der Waals surface area contributed by atoms with E-state index in [1.807, 2.05) is 4.90 Å². The van der Waals surface area contributed by atoms with Crippen LogP contribution in [0.25, 0.3) is 0 Å². The van der Waals surface area contributed by atoms with E-state index in [2.05, 4.69) is 20.2 Å². The maximum Gasteiger partial charge on any atom is 0.257 e. The average molecular weight is 371 g/mol. The first-order valence-corrected chi connectivity index (χ1v) is 10.2. The van der Waals surface area contributed by atoms with Crippen molar-refractivity contribution in [2.75, 3.05) is 32.0 Å². The SMILES string of the molecule is CNc1ncc(C(=O)N2CCCC3(CCC(=O)N(C4CCCC4)C3)C2)cn1. The number of rotatable bonds is 3. The highest BCUT2D eigenvalue weighted by atomic mass is 16.2. The standard InChI is InChI=1S/C20H29N5O2/c1-21-19-22-11-15(12-23-19)18(27)24-10-4-8-20(13-24)9-7-17(26)25(14-20)16-5-2-3-6-16/h11-12,16H,2-10,13-14H2,1H3,(H,21,22,23). The van der Waals surface area contributed by atoms with Gasteiger partial charge in [-0.3, -0.25) is 9.59 Å². The van der Waals surface area contributed by atoms with E-state index in [1.54, 1.807) is 19.4 Å². The van der Waals surface area contributed by atoms with E-state index < -0.39 is 0 Å². The summed E-state index contributed by atoms with van der Waals surface area (Å²) < 4.78 is 0. The van der Waals surface area contributed by atoms with E-state index >= 15 is 0 Å². The van der Waals surface area contributed by atoms with Gasteiger partial charge in [0.2, 0.25) is 11.9 Å². The van der Waals surface area contributed by atoms with Gasteiger partial charge in [-0.2, -0.15) is 0 Å². The van der Waals surface area contributed by atoms with E-state index in [1.165, 1.54) is 12.8 Å². The monoisotopic (exact) mass is 371 g/mol. The molecule has 0 bridgehead atoms. The van der Waals surface area contributed by atoms with Gasteiger partial charge >= 0.3 is 0 Å². The van der Waals surface area contributed by atoms with Gasteiger partial charge in [0.1, 0.15) is 0 Å². The second-order valence-electron chi connectivity index (χ2n) is 8.34. The number of carbonyl (C=O) groups excluding carboxylic acids is 2. The molecule has 7 heteroatoms. The Morgan fingerprint density at radius 3 is 2.59 bits per heavy atom. The number of hydrogen-bond acceptors (Lipinski definition) is 5. The van der Waals surface area contributed by atoms with Crippen molar-refractivity contribution < 1.29 is 9.59 Å². The van der Waals surface area contributed by atoms with Crippen molar-refractivity contribution in [1.82, 2.24) is 19.8 Å². The van der Waals surface area contributed by atoms with Gasteiger partial charge in [0.25, 0.3) is 5.91 Å². The van der Waals surface area contributed by atoms with Gasteiger partial charge in [-0.05, 0) is 32.1 Å². The summed E-state index contributed by atoms with van der Waals surface area (Å²) in [7, 11) is 1.76. The fourth-order valence-corrected chi connectivity index (χ4v) is 5.06. The van der Waals surface area contributed by atoms with Gasteiger partial charge in [-0.25, -0.2) is 9.97 Å².